The zero-order valence-corrected chi connectivity index (χ0v) is 13.8. The molecule has 1 N–H and O–H groups in total. The van der Waals surface area contributed by atoms with Gasteiger partial charge in [-0.05, 0) is 23.1 Å². The van der Waals surface area contributed by atoms with Crippen molar-refractivity contribution < 1.29 is 16.8 Å². The van der Waals surface area contributed by atoms with Gasteiger partial charge in [0.05, 0.1) is 16.7 Å². The van der Waals surface area contributed by atoms with Crippen LogP contribution in [0.5, 0.6) is 0 Å². The lowest BCUT2D eigenvalue weighted by atomic mass is 9.87. The molecular formula is C14H19NO4S2. The molecule has 0 saturated heterocycles. The third-order valence-corrected chi connectivity index (χ3v) is 6.17. The highest BCUT2D eigenvalue weighted by Crippen LogP contribution is 2.23. The van der Waals surface area contributed by atoms with Gasteiger partial charge in [0.15, 0.2) is 9.84 Å². The maximum atomic E-state index is 12.2. The van der Waals surface area contributed by atoms with Gasteiger partial charge in [-0.3, -0.25) is 0 Å². The van der Waals surface area contributed by atoms with E-state index in [0.717, 1.165) is 11.0 Å². The van der Waals surface area contributed by atoms with Crippen LogP contribution in [-0.4, -0.2) is 28.6 Å². The Morgan fingerprint density at radius 3 is 2.14 bits per heavy atom. The number of benzene rings is 1. The van der Waals surface area contributed by atoms with E-state index in [0.29, 0.717) is 0 Å². The van der Waals surface area contributed by atoms with E-state index in [1.807, 2.05) is 20.8 Å². The van der Waals surface area contributed by atoms with Crippen molar-refractivity contribution in [2.45, 2.75) is 37.1 Å². The van der Waals surface area contributed by atoms with Crippen LogP contribution in [0.2, 0.25) is 0 Å². The summed E-state index contributed by atoms with van der Waals surface area (Å²) in [5.41, 5.74) is 0.975. The smallest absolute Gasteiger partial charge is 0.224 e. The largest absolute Gasteiger partial charge is 0.241 e. The summed E-state index contributed by atoms with van der Waals surface area (Å²) in [4.78, 5) is 0.133. The highest BCUT2D eigenvalue weighted by molar-refractivity contribution is 7.94. The summed E-state index contributed by atoms with van der Waals surface area (Å²) in [5, 5.41) is 1.04. The molecule has 1 heterocycles. The van der Waals surface area contributed by atoms with Crippen molar-refractivity contribution in [3.05, 3.63) is 41.3 Å². The molecule has 0 bridgehead atoms. The first-order valence-corrected chi connectivity index (χ1v) is 9.73. The molecule has 1 aliphatic heterocycles. The third kappa shape index (κ3) is 3.93. The summed E-state index contributed by atoms with van der Waals surface area (Å²) in [5.74, 6) is -0.230. The van der Waals surface area contributed by atoms with Crippen LogP contribution < -0.4 is 4.72 Å². The van der Waals surface area contributed by atoms with Crippen LogP contribution in [-0.2, 0) is 25.3 Å². The first-order valence-electron chi connectivity index (χ1n) is 6.53. The van der Waals surface area contributed by atoms with E-state index in [-0.39, 0.29) is 16.1 Å². The van der Waals surface area contributed by atoms with E-state index in [4.69, 9.17) is 0 Å². The van der Waals surface area contributed by atoms with Gasteiger partial charge in [0, 0.05) is 5.41 Å². The second-order valence-electron chi connectivity index (χ2n) is 6.16. The molecule has 0 aromatic heterocycles. The van der Waals surface area contributed by atoms with Crippen LogP contribution in [0.25, 0.3) is 0 Å². The first kappa shape index (κ1) is 16.2. The van der Waals surface area contributed by atoms with Crippen molar-refractivity contribution in [3.63, 3.8) is 0 Å². The summed E-state index contributed by atoms with van der Waals surface area (Å²) in [7, 11) is -7.01. The molecular weight excluding hydrogens is 310 g/mol. The predicted molar refractivity (Wildman–Crippen MR) is 82.2 cm³/mol. The molecule has 0 radical (unpaired) electrons. The number of sulfonamides is 1. The number of nitrogens with one attached hydrogen (secondary N) is 1. The van der Waals surface area contributed by atoms with Crippen LogP contribution in [0.3, 0.4) is 0 Å². The molecule has 0 aliphatic carbocycles. The van der Waals surface area contributed by atoms with E-state index >= 15 is 0 Å². The van der Waals surface area contributed by atoms with E-state index < -0.39 is 25.9 Å². The van der Waals surface area contributed by atoms with E-state index in [1.54, 1.807) is 12.1 Å². The van der Waals surface area contributed by atoms with E-state index in [2.05, 4.69) is 4.72 Å². The molecule has 1 aliphatic rings. The molecule has 2 rings (SSSR count). The first-order chi connectivity index (χ1) is 9.50. The normalized spacial score (nSPS) is 21.6. The molecule has 1 unspecified atom stereocenters. The van der Waals surface area contributed by atoms with Crippen molar-refractivity contribution in [1.82, 2.24) is 4.72 Å². The maximum Gasteiger partial charge on any atom is 0.241 e. The van der Waals surface area contributed by atoms with Gasteiger partial charge in [0.2, 0.25) is 10.0 Å². The molecule has 7 heteroatoms. The molecule has 1 aromatic carbocycles. The van der Waals surface area contributed by atoms with Gasteiger partial charge in [-0.1, -0.05) is 39.0 Å². The minimum absolute atomic E-state index is 0.0576. The Hall–Kier alpha value is -1.18. The number of rotatable bonds is 3. The topological polar surface area (TPSA) is 80.3 Å². The Kier molecular flexibility index (Phi) is 4.03. The molecule has 1 atom stereocenters. The molecule has 0 fully saturated rings. The average Bonchev–Trinajstić information content (AvgIpc) is 2.67. The van der Waals surface area contributed by atoms with Crippen LogP contribution in [0.1, 0.15) is 26.3 Å². The van der Waals surface area contributed by atoms with Gasteiger partial charge < -0.3 is 0 Å². The summed E-state index contributed by atoms with van der Waals surface area (Å²) in [6, 6.07) is 5.92. The van der Waals surface area contributed by atoms with Crippen LogP contribution in [0, 0.1) is 0 Å². The molecule has 21 heavy (non-hydrogen) atoms. The summed E-state index contributed by atoms with van der Waals surface area (Å²) < 4.78 is 49.4. The Morgan fingerprint density at radius 1 is 1.14 bits per heavy atom. The molecule has 0 amide bonds. The van der Waals surface area contributed by atoms with Crippen molar-refractivity contribution in [2.75, 3.05) is 5.75 Å². The minimum Gasteiger partial charge on any atom is -0.224 e. The summed E-state index contributed by atoms with van der Waals surface area (Å²) in [6.45, 7) is 6.13. The average molecular weight is 329 g/mol. The second-order valence-corrected chi connectivity index (χ2v) is 9.81. The SMILES string of the molecule is CC(C)(C)c1ccc(S(=O)(=O)NC2C=CS(=O)(=O)C2)cc1. The molecule has 116 valence electrons. The third-order valence-electron chi connectivity index (χ3n) is 3.27. The number of hydrogen-bond donors (Lipinski definition) is 1. The Balaban J connectivity index is 2.19. The van der Waals surface area contributed by atoms with Crippen LogP contribution in [0.15, 0.2) is 40.6 Å². The Morgan fingerprint density at radius 2 is 1.71 bits per heavy atom. The fourth-order valence-electron chi connectivity index (χ4n) is 2.05. The zero-order chi connectivity index (χ0) is 15.9. The lowest BCUT2D eigenvalue weighted by Crippen LogP contribution is -2.35. The lowest BCUT2D eigenvalue weighted by molar-refractivity contribution is 0.572. The summed E-state index contributed by atoms with van der Waals surface area (Å²) >= 11 is 0. The van der Waals surface area contributed by atoms with Gasteiger partial charge >= 0.3 is 0 Å². The van der Waals surface area contributed by atoms with Gasteiger partial charge in [0.25, 0.3) is 0 Å². The van der Waals surface area contributed by atoms with Gasteiger partial charge in [-0.15, -0.1) is 0 Å². The van der Waals surface area contributed by atoms with Crippen molar-refractivity contribution >= 4 is 19.9 Å². The van der Waals surface area contributed by atoms with Crippen molar-refractivity contribution in [3.8, 4) is 0 Å². The predicted octanol–water partition coefficient (Wildman–Crippen LogP) is 1.57. The highest BCUT2D eigenvalue weighted by atomic mass is 32.2. The fourth-order valence-corrected chi connectivity index (χ4v) is 4.58. The van der Waals surface area contributed by atoms with Gasteiger partial charge in [-0.25, -0.2) is 21.6 Å². The van der Waals surface area contributed by atoms with Crippen LogP contribution >= 0.6 is 0 Å². The monoisotopic (exact) mass is 329 g/mol. The van der Waals surface area contributed by atoms with Gasteiger partial charge in [0.1, 0.15) is 0 Å². The van der Waals surface area contributed by atoms with Crippen molar-refractivity contribution in [2.24, 2.45) is 0 Å². The van der Waals surface area contributed by atoms with E-state index in [9.17, 15) is 16.8 Å². The maximum absolute atomic E-state index is 12.2. The highest BCUT2D eigenvalue weighted by Gasteiger charge is 2.27. The molecule has 0 saturated carbocycles. The van der Waals surface area contributed by atoms with Crippen LogP contribution in [0.4, 0.5) is 0 Å². The second kappa shape index (κ2) is 5.23. The van der Waals surface area contributed by atoms with Gasteiger partial charge in [-0.2, -0.15) is 0 Å². The minimum atomic E-state index is -3.72. The summed E-state index contributed by atoms with van der Waals surface area (Å²) in [6.07, 6.45) is 1.36. The molecule has 0 spiro atoms. The lowest BCUT2D eigenvalue weighted by Gasteiger charge is -2.19. The number of hydrogen-bond acceptors (Lipinski definition) is 4. The fraction of sp³-hybridized carbons (Fsp3) is 0.429. The van der Waals surface area contributed by atoms with E-state index in [1.165, 1.54) is 18.2 Å². The Labute approximate surface area is 126 Å². The Bertz CT molecular complexity index is 754. The van der Waals surface area contributed by atoms with Crippen molar-refractivity contribution in [1.29, 1.82) is 0 Å². The standard InChI is InChI=1S/C14H19NO4S2/c1-14(2,3)11-4-6-13(7-5-11)21(18,19)15-12-8-9-20(16,17)10-12/h4-9,12,15H,10H2,1-3H3. The number of sulfone groups is 1. The molecule has 1 aromatic rings. The molecule has 5 nitrogen and oxygen atoms in total. The zero-order valence-electron chi connectivity index (χ0n) is 12.2. The quantitative estimate of drug-likeness (QED) is 0.913.